The first kappa shape index (κ1) is 7.59. The first-order valence-electron chi connectivity index (χ1n) is 4.13. The normalized spacial score (nSPS) is 20.6. The summed E-state index contributed by atoms with van der Waals surface area (Å²) in [5, 5.41) is 0. The lowest BCUT2D eigenvalue weighted by Crippen LogP contribution is -1.84. The van der Waals surface area contributed by atoms with E-state index >= 15 is 0 Å². The zero-order chi connectivity index (χ0) is 7.40. The molecule has 0 aromatic rings. The third-order valence-electron chi connectivity index (χ3n) is 1.97. The fraction of sp³-hybridized carbons (Fsp3) is 0.600. The molecule has 0 saturated heterocycles. The van der Waals surface area contributed by atoms with E-state index in [1.807, 2.05) is 0 Å². The van der Waals surface area contributed by atoms with E-state index in [0.29, 0.717) is 0 Å². The van der Waals surface area contributed by atoms with Crippen LogP contribution < -0.4 is 0 Å². The summed E-state index contributed by atoms with van der Waals surface area (Å²) in [6.07, 6.45) is 9.94. The highest BCUT2D eigenvalue weighted by molar-refractivity contribution is 5.21. The molecule has 0 bridgehead atoms. The van der Waals surface area contributed by atoms with Gasteiger partial charge in [-0.15, -0.1) is 0 Å². The molecule has 0 aromatic carbocycles. The molecule has 0 saturated carbocycles. The number of rotatable bonds is 0. The number of hydrogen-bond acceptors (Lipinski definition) is 0. The van der Waals surface area contributed by atoms with Crippen molar-refractivity contribution >= 4 is 0 Å². The van der Waals surface area contributed by atoms with Crippen molar-refractivity contribution in [3.63, 3.8) is 0 Å². The van der Waals surface area contributed by atoms with Gasteiger partial charge in [-0.3, -0.25) is 0 Å². The molecule has 0 aromatic heterocycles. The minimum Gasteiger partial charge on any atom is -0.0816 e. The third kappa shape index (κ3) is 2.38. The Balaban J connectivity index is 2.63. The van der Waals surface area contributed by atoms with E-state index in [4.69, 9.17) is 0 Å². The Hall–Kier alpha value is -0.520. The summed E-state index contributed by atoms with van der Waals surface area (Å²) in [5.41, 5.74) is 2.98. The Morgan fingerprint density at radius 1 is 1.20 bits per heavy atom. The molecule has 1 aliphatic rings. The Morgan fingerprint density at radius 3 is 2.80 bits per heavy atom. The quantitative estimate of drug-likeness (QED) is 0.478. The first-order chi connectivity index (χ1) is 4.79. The molecular weight excluding hydrogens is 120 g/mol. The minimum absolute atomic E-state index is 1.27. The van der Waals surface area contributed by atoms with Gasteiger partial charge in [0.2, 0.25) is 0 Å². The van der Waals surface area contributed by atoms with Gasteiger partial charge in [0.25, 0.3) is 0 Å². The largest absolute Gasteiger partial charge is 0.0816 e. The van der Waals surface area contributed by atoms with E-state index < -0.39 is 0 Å². The molecule has 10 heavy (non-hydrogen) atoms. The van der Waals surface area contributed by atoms with Gasteiger partial charge < -0.3 is 0 Å². The molecule has 1 rings (SSSR count). The SMILES string of the molecule is CC1=CCCCCC(C)=C1. The Bertz CT molecular complexity index is 161. The number of allylic oxidation sites excluding steroid dienone is 4. The lowest BCUT2D eigenvalue weighted by molar-refractivity contribution is 0.734. The summed E-state index contributed by atoms with van der Waals surface area (Å²) >= 11 is 0. The van der Waals surface area contributed by atoms with E-state index in [-0.39, 0.29) is 0 Å². The van der Waals surface area contributed by atoms with Crippen molar-refractivity contribution < 1.29 is 0 Å². The maximum atomic E-state index is 2.34. The molecule has 1 aliphatic carbocycles. The second kappa shape index (κ2) is 3.60. The molecule has 0 nitrogen and oxygen atoms in total. The van der Waals surface area contributed by atoms with Crippen LogP contribution in [0.25, 0.3) is 0 Å². The Morgan fingerprint density at radius 2 is 2.00 bits per heavy atom. The molecule has 56 valence electrons. The van der Waals surface area contributed by atoms with Crippen LogP contribution >= 0.6 is 0 Å². The molecule has 0 heterocycles. The van der Waals surface area contributed by atoms with E-state index in [1.54, 1.807) is 0 Å². The van der Waals surface area contributed by atoms with E-state index in [9.17, 15) is 0 Å². The highest BCUT2D eigenvalue weighted by atomic mass is 14.0. The Kier molecular flexibility index (Phi) is 2.73. The Labute approximate surface area is 63.6 Å². The summed E-state index contributed by atoms with van der Waals surface area (Å²) in [5.74, 6) is 0. The van der Waals surface area contributed by atoms with Gasteiger partial charge in [0.15, 0.2) is 0 Å². The molecule has 0 spiro atoms. The summed E-state index contributed by atoms with van der Waals surface area (Å²) < 4.78 is 0. The maximum Gasteiger partial charge on any atom is -0.0320 e. The zero-order valence-corrected chi connectivity index (χ0v) is 6.98. The lowest BCUT2D eigenvalue weighted by atomic mass is 10.0. The molecule has 0 N–H and O–H groups in total. The van der Waals surface area contributed by atoms with Crippen molar-refractivity contribution in [2.45, 2.75) is 39.5 Å². The van der Waals surface area contributed by atoms with Gasteiger partial charge in [-0.05, 0) is 39.5 Å². The number of hydrogen-bond donors (Lipinski definition) is 0. The summed E-state index contributed by atoms with van der Waals surface area (Å²) in [6, 6.07) is 0. The first-order valence-corrected chi connectivity index (χ1v) is 4.13. The van der Waals surface area contributed by atoms with Crippen LogP contribution in [0.2, 0.25) is 0 Å². The maximum absolute atomic E-state index is 2.34. The van der Waals surface area contributed by atoms with Crippen molar-refractivity contribution in [1.29, 1.82) is 0 Å². The molecule has 0 aliphatic heterocycles. The highest BCUT2D eigenvalue weighted by Gasteiger charge is 1.95. The van der Waals surface area contributed by atoms with Crippen LogP contribution in [-0.4, -0.2) is 0 Å². The third-order valence-corrected chi connectivity index (χ3v) is 1.97. The summed E-state index contributed by atoms with van der Waals surface area (Å²) in [6.45, 7) is 4.41. The monoisotopic (exact) mass is 136 g/mol. The summed E-state index contributed by atoms with van der Waals surface area (Å²) in [4.78, 5) is 0. The average molecular weight is 136 g/mol. The van der Waals surface area contributed by atoms with E-state index in [1.165, 1.54) is 36.8 Å². The second-order valence-electron chi connectivity index (χ2n) is 3.18. The molecule has 0 amide bonds. The van der Waals surface area contributed by atoms with Gasteiger partial charge in [-0.2, -0.15) is 0 Å². The molecule has 0 radical (unpaired) electrons. The van der Waals surface area contributed by atoms with Crippen LogP contribution in [0.5, 0.6) is 0 Å². The van der Waals surface area contributed by atoms with Gasteiger partial charge in [0.1, 0.15) is 0 Å². The van der Waals surface area contributed by atoms with Crippen LogP contribution in [0.1, 0.15) is 39.5 Å². The molecular formula is C10H16. The zero-order valence-electron chi connectivity index (χ0n) is 6.98. The average Bonchev–Trinajstić information content (AvgIpc) is 1.83. The van der Waals surface area contributed by atoms with Crippen LogP contribution in [0.15, 0.2) is 23.3 Å². The molecule has 0 fully saturated rings. The van der Waals surface area contributed by atoms with Gasteiger partial charge in [-0.1, -0.05) is 23.3 Å². The van der Waals surface area contributed by atoms with Gasteiger partial charge in [0, 0.05) is 0 Å². The predicted molar refractivity (Wildman–Crippen MR) is 46.0 cm³/mol. The van der Waals surface area contributed by atoms with Crippen LogP contribution in [0, 0.1) is 0 Å². The molecule has 0 atom stereocenters. The fourth-order valence-electron chi connectivity index (χ4n) is 1.40. The topological polar surface area (TPSA) is 0 Å². The van der Waals surface area contributed by atoms with E-state index in [2.05, 4.69) is 26.0 Å². The second-order valence-corrected chi connectivity index (χ2v) is 3.18. The van der Waals surface area contributed by atoms with Crippen LogP contribution in [0.4, 0.5) is 0 Å². The smallest absolute Gasteiger partial charge is 0.0320 e. The fourth-order valence-corrected chi connectivity index (χ4v) is 1.40. The van der Waals surface area contributed by atoms with Crippen LogP contribution in [-0.2, 0) is 0 Å². The van der Waals surface area contributed by atoms with Gasteiger partial charge in [0.05, 0.1) is 0 Å². The van der Waals surface area contributed by atoms with Crippen molar-refractivity contribution in [2.75, 3.05) is 0 Å². The van der Waals surface area contributed by atoms with Gasteiger partial charge in [-0.25, -0.2) is 0 Å². The highest BCUT2D eigenvalue weighted by Crippen LogP contribution is 2.15. The molecule has 0 unspecified atom stereocenters. The summed E-state index contributed by atoms with van der Waals surface area (Å²) in [7, 11) is 0. The van der Waals surface area contributed by atoms with Crippen molar-refractivity contribution in [3.05, 3.63) is 23.3 Å². The minimum atomic E-state index is 1.27. The van der Waals surface area contributed by atoms with Gasteiger partial charge >= 0.3 is 0 Å². The molecule has 0 heteroatoms. The lowest BCUT2D eigenvalue weighted by Gasteiger charge is -2.05. The van der Waals surface area contributed by atoms with Crippen molar-refractivity contribution in [2.24, 2.45) is 0 Å². The van der Waals surface area contributed by atoms with Crippen LogP contribution in [0.3, 0.4) is 0 Å². The van der Waals surface area contributed by atoms with Crippen molar-refractivity contribution in [1.82, 2.24) is 0 Å². The standard InChI is InChI=1S/C10H16/c1-9-6-4-3-5-7-10(2)8-9/h6,8H,3-5,7H2,1-2H3. The van der Waals surface area contributed by atoms with E-state index in [0.717, 1.165) is 0 Å². The predicted octanol–water partition coefficient (Wildman–Crippen LogP) is 3.45. The van der Waals surface area contributed by atoms with Crippen molar-refractivity contribution in [3.8, 4) is 0 Å².